The van der Waals surface area contributed by atoms with Gasteiger partial charge in [-0.3, -0.25) is 0 Å². The summed E-state index contributed by atoms with van der Waals surface area (Å²) in [6.07, 6.45) is 2.15. The maximum Gasteiger partial charge on any atom is 0.409 e. The fourth-order valence-corrected chi connectivity index (χ4v) is 1.74. The zero-order chi connectivity index (χ0) is 11.5. The van der Waals surface area contributed by atoms with E-state index in [1.54, 1.807) is 11.1 Å². The summed E-state index contributed by atoms with van der Waals surface area (Å²) < 4.78 is 4.68. The summed E-state index contributed by atoms with van der Waals surface area (Å²) in [5.74, 6) is 0.644. The maximum absolute atomic E-state index is 11.3. The molecule has 1 aromatic heterocycles. The van der Waals surface area contributed by atoms with Gasteiger partial charge in [0.15, 0.2) is 0 Å². The number of hydrogen-bond donors (Lipinski definition) is 1. The molecule has 2 N–H and O–H groups in total. The van der Waals surface area contributed by atoms with E-state index in [0.29, 0.717) is 25.5 Å². The zero-order valence-electron chi connectivity index (χ0n) is 9.14. The lowest BCUT2D eigenvalue weighted by Gasteiger charge is -2.26. The predicted octanol–water partition coefficient (Wildman–Crippen LogP) is 0.0598. The van der Waals surface area contributed by atoms with Gasteiger partial charge in [-0.25, -0.2) is 14.8 Å². The van der Waals surface area contributed by atoms with Gasteiger partial charge in [0.25, 0.3) is 0 Å². The Morgan fingerprint density at radius 1 is 1.69 bits per heavy atom. The van der Waals surface area contributed by atoms with E-state index in [2.05, 4.69) is 14.7 Å². The highest BCUT2D eigenvalue weighted by Crippen LogP contribution is 2.16. The fraction of sp³-hybridized carbons (Fsp3) is 0.500. The van der Waals surface area contributed by atoms with Crippen molar-refractivity contribution in [3.63, 3.8) is 0 Å². The Kier molecular flexibility index (Phi) is 3.00. The first-order valence-electron chi connectivity index (χ1n) is 5.11. The van der Waals surface area contributed by atoms with Crippen LogP contribution in [0.3, 0.4) is 0 Å². The Hall–Kier alpha value is -1.69. The molecular formula is C10H14N4O2. The Balaban J connectivity index is 2.18. The van der Waals surface area contributed by atoms with E-state index in [0.717, 1.165) is 17.7 Å². The smallest absolute Gasteiger partial charge is 0.409 e. The molecule has 0 unspecified atom stereocenters. The first-order chi connectivity index (χ1) is 7.74. The van der Waals surface area contributed by atoms with E-state index in [-0.39, 0.29) is 6.09 Å². The molecule has 6 nitrogen and oxygen atoms in total. The largest absolute Gasteiger partial charge is 0.453 e. The first-order valence-corrected chi connectivity index (χ1v) is 5.11. The SMILES string of the molecule is COC(=O)N1CCc2nc(CN)ncc2C1. The number of hydrogen-bond acceptors (Lipinski definition) is 5. The summed E-state index contributed by atoms with van der Waals surface area (Å²) in [4.78, 5) is 21.4. The van der Waals surface area contributed by atoms with Gasteiger partial charge in [-0.2, -0.15) is 0 Å². The minimum Gasteiger partial charge on any atom is -0.453 e. The number of carbonyl (C=O) groups excluding carboxylic acids is 1. The molecule has 0 atom stereocenters. The van der Waals surface area contributed by atoms with Crippen molar-refractivity contribution in [1.29, 1.82) is 0 Å². The van der Waals surface area contributed by atoms with Crippen molar-refractivity contribution in [1.82, 2.24) is 14.9 Å². The first kappa shape index (κ1) is 10.8. The fourth-order valence-electron chi connectivity index (χ4n) is 1.74. The van der Waals surface area contributed by atoms with Gasteiger partial charge in [-0.15, -0.1) is 0 Å². The molecule has 0 radical (unpaired) electrons. The molecule has 0 fully saturated rings. The van der Waals surface area contributed by atoms with Crippen LogP contribution < -0.4 is 5.73 Å². The van der Waals surface area contributed by atoms with Crippen molar-refractivity contribution in [2.24, 2.45) is 5.73 Å². The van der Waals surface area contributed by atoms with Crippen LogP contribution in [-0.2, 0) is 24.2 Å². The van der Waals surface area contributed by atoms with E-state index >= 15 is 0 Å². The Morgan fingerprint density at radius 2 is 2.50 bits per heavy atom. The molecule has 0 spiro atoms. The van der Waals surface area contributed by atoms with Crippen LogP contribution in [0.4, 0.5) is 4.79 Å². The minimum atomic E-state index is -0.312. The Morgan fingerprint density at radius 3 is 3.19 bits per heavy atom. The topological polar surface area (TPSA) is 81.3 Å². The number of carbonyl (C=O) groups is 1. The number of amides is 1. The average molecular weight is 222 g/mol. The third kappa shape index (κ3) is 1.96. The molecule has 1 aromatic rings. The molecule has 0 bridgehead atoms. The van der Waals surface area contributed by atoms with Gasteiger partial charge in [-0.05, 0) is 0 Å². The highest BCUT2D eigenvalue weighted by molar-refractivity contribution is 5.67. The standard InChI is InChI=1S/C10H14N4O2/c1-16-10(15)14-3-2-8-7(6-14)5-12-9(4-11)13-8/h5H,2-4,6,11H2,1H3. The number of nitrogens with zero attached hydrogens (tertiary/aromatic N) is 3. The molecule has 0 aromatic carbocycles. The molecule has 0 saturated heterocycles. The zero-order valence-corrected chi connectivity index (χ0v) is 9.14. The summed E-state index contributed by atoms with van der Waals surface area (Å²) in [6.45, 7) is 1.47. The lowest BCUT2D eigenvalue weighted by Crippen LogP contribution is -2.36. The molecule has 2 rings (SSSR count). The molecule has 2 heterocycles. The van der Waals surface area contributed by atoms with Crippen LogP contribution in [0.25, 0.3) is 0 Å². The molecule has 1 aliphatic heterocycles. The van der Waals surface area contributed by atoms with Gasteiger partial charge in [0.2, 0.25) is 0 Å². The van der Waals surface area contributed by atoms with Crippen LogP contribution in [0.1, 0.15) is 17.1 Å². The number of ether oxygens (including phenoxy) is 1. The van der Waals surface area contributed by atoms with Gasteiger partial charge in [0.05, 0.1) is 25.9 Å². The summed E-state index contributed by atoms with van der Waals surface area (Å²) in [7, 11) is 1.38. The number of aromatic nitrogens is 2. The van der Waals surface area contributed by atoms with Crippen molar-refractivity contribution in [3.05, 3.63) is 23.3 Å². The number of nitrogens with two attached hydrogens (primary N) is 1. The normalized spacial score (nSPS) is 14.5. The molecule has 6 heteroatoms. The van der Waals surface area contributed by atoms with Gasteiger partial charge < -0.3 is 15.4 Å². The molecule has 86 valence electrons. The van der Waals surface area contributed by atoms with Crippen LogP contribution in [-0.4, -0.2) is 34.6 Å². The Labute approximate surface area is 93.4 Å². The van der Waals surface area contributed by atoms with Crippen molar-refractivity contribution >= 4 is 6.09 Å². The quantitative estimate of drug-likeness (QED) is 0.726. The summed E-state index contributed by atoms with van der Waals surface area (Å²) in [6, 6.07) is 0. The average Bonchev–Trinajstić information content (AvgIpc) is 2.36. The number of methoxy groups -OCH3 is 1. The van der Waals surface area contributed by atoms with Crippen molar-refractivity contribution in [3.8, 4) is 0 Å². The lowest BCUT2D eigenvalue weighted by atomic mass is 10.1. The summed E-state index contributed by atoms with van der Waals surface area (Å²) in [5, 5.41) is 0. The second-order valence-electron chi connectivity index (χ2n) is 3.60. The molecule has 16 heavy (non-hydrogen) atoms. The number of rotatable bonds is 1. The van der Waals surface area contributed by atoms with E-state index in [1.807, 2.05) is 0 Å². The third-order valence-electron chi connectivity index (χ3n) is 2.60. The van der Waals surface area contributed by atoms with Gasteiger partial charge in [0.1, 0.15) is 5.82 Å². The monoisotopic (exact) mass is 222 g/mol. The second kappa shape index (κ2) is 4.44. The van der Waals surface area contributed by atoms with E-state index in [1.165, 1.54) is 7.11 Å². The van der Waals surface area contributed by atoms with Crippen molar-refractivity contribution < 1.29 is 9.53 Å². The highest BCUT2D eigenvalue weighted by atomic mass is 16.5. The number of fused-ring (bicyclic) bond motifs is 1. The summed E-state index contributed by atoms with van der Waals surface area (Å²) >= 11 is 0. The predicted molar refractivity (Wildman–Crippen MR) is 56.4 cm³/mol. The van der Waals surface area contributed by atoms with Crippen LogP contribution in [0.5, 0.6) is 0 Å². The molecule has 0 saturated carbocycles. The minimum absolute atomic E-state index is 0.312. The van der Waals surface area contributed by atoms with Gasteiger partial charge in [-0.1, -0.05) is 0 Å². The molecule has 0 aliphatic carbocycles. The molecule has 1 aliphatic rings. The van der Waals surface area contributed by atoms with Crippen LogP contribution in [0.15, 0.2) is 6.20 Å². The Bertz CT molecular complexity index is 408. The van der Waals surface area contributed by atoms with Crippen molar-refractivity contribution in [2.45, 2.75) is 19.5 Å². The van der Waals surface area contributed by atoms with Crippen LogP contribution in [0.2, 0.25) is 0 Å². The molecule has 1 amide bonds. The molecular weight excluding hydrogens is 208 g/mol. The van der Waals surface area contributed by atoms with E-state index in [4.69, 9.17) is 5.73 Å². The maximum atomic E-state index is 11.3. The van der Waals surface area contributed by atoms with Crippen LogP contribution in [0, 0.1) is 0 Å². The highest BCUT2D eigenvalue weighted by Gasteiger charge is 2.22. The van der Waals surface area contributed by atoms with E-state index in [9.17, 15) is 4.79 Å². The van der Waals surface area contributed by atoms with E-state index < -0.39 is 0 Å². The lowest BCUT2D eigenvalue weighted by molar-refractivity contribution is 0.118. The summed E-state index contributed by atoms with van der Waals surface area (Å²) in [5.41, 5.74) is 7.42. The van der Waals surface area contributed by atoms with Crippen LogP contribution >= 0.6 is 0 Å². The van der Waals surface area contributed by atoms with Gasteiger partial charge >= 0.3 is 6.09 Å². The second-order valence-corrected chi connectivity index (χ2v) is 3.60. The van der Waals surface area contributed by atoms with Gasteiger partial charge in [0, 0.05) is 24.7 Å². The van der Waals surface area contributed by atoms with Crippen molar-refractivity contribution in [2.75, 3.05) is 13.7 Å². The third-order valence-corrected chi connectivity index (χ3v) is 2.60.